The number of hydrogen-bond acceptors (Lipinski definition) is 4. The maximum atomic E-state index is 9.00. The number of aliphatic hydroxyl groups excluding tert-OH is 4. The van der Waals surface area contributed by atoms with Crippen LogP contribution >= 0.6 is 0 Å². The fourth-order valence-electron chi connectivity index (χ4n) is 2.87. The highest BCUT2D eigenvalue weighted by atomic mass is 16.3. The first-order chi connectivity index (χ1) is 12.5. The molecule has 2 atom stereocenters. The van der Waals surface area contributed by atoms with Gasteiger partial charge in [-0.2, -0.15) is 0 Å². The Labute approximate surface area is 163 Å². The monoisotopic (exact) mass is 376 g/mol. The Morgan fingerprint density at radius 3 is 0.885 bits per heavy atom. The molecule has 4 heteroatoms. The maximum absolute atomic E-state index is 9.00. The predicted molar refractivity (Wildman–Crippen MR) is 111 cm³/mol. The molecule has 0 aromatic heterocycles. The molecule has 0 aliphatic heterocycles. The molecule has 0 fully saturated rings. The Kier molecular flexibility index (Phi) is 26.8. The summed E-state index contributed by atoms with van der Waals surface area (Å²) in [5.74, 6) is 0. The minimum Gasteiger partial charge on any atom is -0.396 e. The maximum Gasteiger partial charge on any atom is 0.0512 e. The van der Waals surface area contributed by atoms with Gasteiger partial charge < -0.3 is 20.4 Å². The molecule has 0 heterocycles. The van der Waals surface area contributed by atoms with E-state index in [9.17, 15) is 0 Å². The van der Waals surface area contributed by atoms with Crippen molar-refractivity contribution in [2.45, 2.75) is 129 Å². The van der Waals surface area contributed by atoms with E-state index in [4.69, 9.17) is 20.4 Å². The SMILES string of the molecule is CC(O)CCCCCCCCCO.CC(O)CCCCCCCCCO. The zero-order chi connectivity index (χ0) is 19.9. The topological polar surface area (TPSA) is 80.9 Å². The van der Waals surface area contributed by atoms with Crippen LogP contribution in [0, 0.1) is 0 Å². The molecule has 0 amide bonds. The minimum atomic E-state index is -0.130. The van der Waals surface area contributed by atoms with Gasteiger partial charge >= 0.3 is 0 Å². The second-order valence-corrected chi connectivity index (χ2v) is 7.67. The zero-order valence-corrected chi connectivity index (χ0v) is 17.7. The summed E-state index contributed by atoms with van der Waals surface area (Å²) in [6.07, 6.45) is 18.2. The summed E-state index contributed by atoms with van der Waals surface area (Å²) in [5.41, 5.74) is 0. The molecule has 0 aliphatic rings. The van der Waals surface area contributed by atoms with Crippen LogP contribution in [-0.2, 0) is 0 Å². The van der Waals surface area contributed by atoms with Crippen molar-refractivity contribution in [3.05, 3.63) is 0 Å². The van der Waals surface area contributed by atoms with Gasteiger partial charge in [0.2, 0.25) is 0 Å². The second kappa shape index (κ2) is 24.8. The molecule has 0 aromatic rings. The fraction of sp³-hybridized carbons (Fsp3) is 1.00. The number of unbranched alkanes of at least 4 members (excludes halogenated alkanes) is 12. The minimum absolute atomic E-state index is 0.130. The molecule has 4 nitrogen and oxygen atoms in total. The largest absolute Gasteiger partial charge is 0.396 e. The summed E-state index contributed by atoms with van der Waals surface area (Å²) in [6, 6.07) is 0. The van der Waals surface area contributed by atoms with E-state index >= 15 is 0 Å². The molecule has 2 unspecified atom stereocenters. The van der Waals surface area contributed by atoms with E-state index in [2.05, 4.69) is 0 Å². The van der Waals surface area contributed by atoms with Crippen LogP contribution in [0.2, 0.25) is 0 Å². The van der Waals surface area contributed by atoms with E-state index in [1.165, 1.54) is 51.4 Å². The molecule has 0 saturated carbocycles. The van der Waals surface area contributed by atoms with Gasteiger partial charge in [-0.25, -0.2) is 0 Å². The third-order valence-corrected chi connectivity index (χ3v) is 4.56. The molecule has 4 N–H and O–H groups in total. The zero-order valence-electron chi connectivity index (χ0n) is 17.7. The Morgan fingerprint density at radius 1 is 0.423 bits per heavy atom. The van der Waals surface area contributed by atoms with Gasteiger partial charge in [0.1, 0.15) is 0 Å². The van der Waals surface area contributed by atoms with Gasteiger partial charge in [-0.15, -0.1) is 0 Å². The van der Waals surface area contributed by atoms with Gasteiger partial charge in [-0.3, -0.25) is 0 Å². The molecule has 0 spiro atoms. The fourth-order valence-corrected chi connectivity index (χ4v) is 2.87. The van der Waals surface area contributed by atoms with Gasteiger partial charge in [0, 0.05) is 13.2 Å². The van der Waals surface area contributed by atoms with Crippen LogP contribution in [0.4, 0.5) is 0 Å². The smallest absolute Gasteiger partial charge is 0.0512 e. The van der Waals surface area contributed by atoms with Crippen LogP contribution in [0.3, 0.4) is 0 Å². The molecular weight excluding hydrogens is 328 g/mol. The van der Waals surface area contributed by atoms with E-state index in [0.717, 1.165) is 51.4 Å². The van der Waals surface area contributed by atoms with E-state index in [1.807, 2.05) is 13.8 Å². The van der Waals surface area contributed by atoms with E-state index in [1.54, 1.807) is 0 Å². The van der Waals surface area contributed by atoms with Crippen LogP contribution < -0.4 is 0 Å². The summed E-state index contributed by atoms with van der Waals surface area (Å²) in [5, 5.41) is 35.1. The van der Waals surface area contributed by atoms with Crippen LogP contribution in [0.25, 0.3) is 0 Å². The normalized spacial score (nSPS) is 13.2. The molecule has 0 radical (unpaired) electrons. The quantitative estimate of drug-likeness (QED) is 0.255. The van der Waals surface area contributed by atoms with Crippen molar-refractivity contribution in [2.24, 2.45) is 0 Å². The van der Waals surface area contributed by atoms with Crippen molar-refractivity contribution in [1.29, 1.82) is 0 Å². The molecule has 0 bridgehead atoms. The van der Waals surface area contributed by atoms with Crippen LogP contribution in [0.1, 0.15) is 117 Å². The van der Waals surface area contributed by atoms with Crippen LogP contribution in [0.5, 0.6) is 0 Å². The third kappa shape index (κ3) is 31.6. The third-order valence-electron chi connectivity index (χ3n) is 4.56. The van der Waals surface area contributed by atoms with Gasteiger partial charge in [-0.1, -0.05) is 77.0 Å². The second-order valence-electron chi connectivity index (χ2n) is 7.67. The lowest BCUT2D eigenvalue weighted by Crippen LogP contribution is -1.98. The summed E-state index contributed by atoms with van der Waals surface area (Å²) < 4.78 is 0. The average Bonchev–Trinajstić information content (AvgIpc) is 2.60. The molecule has 26 heavy (non-hydrogen) atoms. The number of rotatable bonds is 18. The first-order valence-corrected chi connectivity index (χ1v) is 11.1. The van der Waals surface area contributed by atoms with Crippen molar-refractivity contribution in [2.75, 3.05) is 13.2 Å². The van der Waals surface area contributed by atoms with Crippen LogP contribution in [0.15, 0.2) is 0 Å². The Hall–Kier alpha value is -0.160. The Balaban J connectivity index is 0. The van der Waals surface area contributed by atoms with Crippen molar-refractivity contribution in [1.82, 2.24) is 0 Å². The lowest BCUT2D eigenvalue weighted by molar-refractivity contribution is 0.180. The van der Waals surface area contributed by atoms with Crippen molar-refractivity contribution in [3.8, 4) is 0 Å². The first-order valence-electron chi connectivity index (χ1n) is 11.1. The van der Waals surface area contributed by atoms with E-state index in [0.29, 0.717) is 13.2 Å². The number of hydrogen-bond donors (Lipinski definition) is 4. The molecule has 0 rings (SSSR count). The summed E-state index contributed by atoms with van der Waals surface area (Å²) in [6.45, 7) is 4.37. The van der Waals surface area contributed by atoms with Crippen molar-refractivity contribution in [3.63, 3.8) is 0 Å². The van der Waals surface area contributed by atoms with Gasteiger partial charge in [0.15, 0.2) is 0 Å². The lowest BCUT2D eigenvalue weighted by atomic mass is 10.1. The average molecular weight is 377 g/mol. The Bertz CT molecular complexity index is 208. The van der Waals surface area contributed by atoms with E-state index in [-0.39, 0.29) is 12.2 Å². The summed E-state index contributed by atoms with van der Waals surface area (Å²) in [7, 11) is 0. The van der Waals surface area contributed by atoms with Crippen LogP contribution in [-0.4, -0.2) is 45.8 Å². The van der Waals surface area contributed by atoms with Gasteiger partial charge in [0.25, 0.3) is 0 Å². The molecule has 0 aromatic carbocycles. The molecule has 0 aliphatic carbocycles. The highest BCUT2D eigenvalue weighted by Gasteiger charge is 1.96. The predicted octanol–water partition coefficient (Wildman–Crippen LogP) is 4.96. The highest BCUT2D eigenvalue weighted by Crippen LogP contribution is 2.10. The number of aliphatic hydroxyl groups is 4. The highest BCUT2D eigenvalue weighted by molar-refractivity contribution is 4.50. The standard InChI is InChI=1S/2C11H24O2/c2*1-11(13)9-7-5-3-2-4-6-8-10-12/h2*11-13H,2-10H2,1H3. The summed E-state index contributed by atoms with van der Waals surface area (Å²) in [4.78, 5) is 0. The van der Waals surface area contributed by atoms with Gasteiger partial charge in [0.05, 0.1) is 12.2 Å². The summed E-state index contributed by atoms with van der Waals surface area (Å²) >= 11 is 0. The van der Waals surface area contributed by atoms with E-state index < -0.39 is 0 Å². The van der Waals surface area contributed by atoms with Gasteiger partial charge in [-0.05, 0) is 39.5 Å². The molecular formula is C22H48O4. The lowest BCUT2D eigenvalue weighted by Gasteiger charge is -2.03. The molecule has 0 saturated heterocycles. The first kappa shape index (κ1) is 28.1. The van der Waals surface area contributed by atoms with Crippen molar-refractivity contribution >= 4 is 0 Å². The van der Waals surface area contributed by atoms with Crippen molar-refractivity contribution < 1.29 is 20.4 Å². The Morgan fingerprint density at radius 2 is 0.654 bits per heavy atom. The molecule has 160 valence electrons.